The molecule has 0 aliphatic rings. The smallest absolute Gasteiger partial charge is 0.250 e. The van der Waals surface area contributed by atoms with E-state index in [0.29, 0.717) is 11.0 Å². The molecule has 0 radical (unpaired) electrons. The molecule has 9 heteroatoms. The molecule has 0 aliphatic carbocycles. The van der Waals surface area contributed by atoms with Crippen LogP contribution in [0.1, 0.15) is 5.56 Å². The van der Waals surface area contributed by atoms with Crippen molar-refractivity contribution in [2.45, 2.75) is 5.16 Å². The lowest BCUT2D eigenvalue weighted by molar-refractivity contribution is -0.118. The van der Waals surface area contributed by atoms with Crippen LogP contribution in [0.25, 0.3) is 17.1 Å². The van der Waals surface area contributed by atoms with Crippen LogP contribution in [0.2, 0.25) is 0 Å². The molecule has 1 heterocycles. The first-order valence-corrected chi connectivity index (χ1v) is 12.3. The molecule has 0 bridgehead atoms. The lowest BCUT2D eigenvalue weighted by Gasteiger charge is -2.11. The summed E-state index contributed by atoms with van der Waals surface area (Å²) in [5.74, 6) is 0.641. The average Bonchev–Trinajstić information content (AvgIpc) is 3.28. The maximum Gasteiger partial charge on any atom is 0.250 e. The minimum absolute atomic E-state index is 0.155. The van der Waals surface area contributed by atoms with E-state index in [4.69, 9.17) is 0 Å². The zero-order valence-electron chi connectivity index (χ0n) is 18.7. The number of benzene rings is 3. The van der Waals surface area contributed by atoms with Gasteiger partial charge in [0.05, 0.1) is 12.0 Å². The lowest BCUT2D eigenvalue weighted by Crippen LogP contribution is -2.20. The SMILES string of the molecule is CN(C)c1ccc(/C=N\NC(=O)CSc2nnc(-c3ccc(Br)cc3)n2-c2ccccc2)cc1. The summed E-state index contributed by atoms with van der Waals surface area (Å²) in [6.45, 7) is 0. The summed E-state index contributed by atoms with van der Waals surface area (Å²) in [6, 6.07) is 25.6. The molecule has 4 rings (SSSR count). The molecule has 0 saturated heterocycles. The predicted molar refractivity (Wildman–Crippen MR) is 142 cm³/mol. The van der Waals surface area contributed by atoms with Crippen molar-refractivity contribution in [1.29, 1.82) is 0 Å². The number of rotatable bonds is 8. The number of aromatic nitrogens is 3. The summed E-state index contributed by atoms with van der Waals surface area (Å²) in [7, 11) is 3.98. The molecule has 34 heavy (non-hydrogen) atoms. The Bertz CT molecular complexity index is 1270. The number of hydrogen-bond donors (Lipinski definition) is 1. The molecular formula is C25H23BrN6OS. The standard InChI is InChI=1S/C25H23BrN6OS/c1-31(2)21-14-8-18(9-15-21)16-27-28-23(33)17-34-25-30-29-24(19-10-12-20(26)13-11-19)32(25)22-6-4-3-5-7-22/h3-16H,17H2,1-2H3,(H,28,33)/b27-16-. The second-order valence-corrected chi connectivity index (χ2v) is 9.41. The number of thioether (sulfide) groups is 1. The van der Waals surface area contributed by atoms with Gasteiger partial charge in [0.2, 0.25) is 0 Å². The van der Waals surface area contributed by atoms with Crippen molar-refractivity contribution >= 4 is 45.5 Å². The number of carbonyl (C=O) groups is 1. The van der Waals surface area contributed by atoms with Crippen LogP contribution in [0.4, 0.5) is 5.69 Å². The van der Waals surface area contributed by atoms with Crippen LogP contribution in [0.3, 0.4) is 0 Å². The van der Waals surface area contributed by atoms with Crippen LogP contribution in [-0.2, 0) is 4.79 Å². The van der Waals surface area contributed by atoms with E-state index in [1.165, 1.54) is 11.8 Å². The summed E-state index contributed by atoms with van der Waals surface area (Å²) >= 11 is 4.78. The number of nitrogens with zero attached hydrogens (tertiary/aromatic N) is 5. The van der Waals surface area contributed by atoms with E-state index in [0.717, 1.165) is 27.0 Å². The van der Waals surface area contributed by atoms with Crippen molar-refractivity contribution < 1.29 is 4.79 Å². The molecule has 172 valence electrons. The molecule has 0 saturated carbocycles. The van der Waals surface area contributed by atoms with Crippen LogP contribution in [-0.4, -0.2) is 46.7 Å². The number of hydrazone groups is 1. The average molecular weight is 535 g/mol. The van der Waals surface area contributed by atoms with Crippen molar-refractivity contribution in [1.82, 2.24) is 20.2 Å². The van der Waals surface area contributed by atoms with E-state index in [2.05, 4.69) is 36.7 Å². The van der Waals surface area contributed by atoms with Crippen LogP contribution in [0.5, 0.6) is 0 Å². The molecule has 0 spiro atoms. The van der Waals surface area contributed by atoms with E-state index in [-0.39, 0.29) is 11.7 Å². The normalized spacial score (nSPS) is 11.0. The first kappa shape index (κ1) is 23.7. The van der Waals surface area contributed by atoms with Crippen molar-refractivity contribution in [3.63, 3.8) is 0 Å². The topological polar surface area (TPSA) is 75.4 Å². The van der Waals surface area contributed by atoms with Gasteiger partial charge in [0.1, 0.15) is 0 Å². The second kappa shape index (κ2) is 11.1. The molecule has 3 aromatic carbocycles. The Balaban J connectivity index is 1.45. The van der Waals surface area contributed by atoms with Crippen molar-refractivity contribution in [3.8, 4) is 17.1 Å². The van der Waals surface area contributed by atoms with Gasteiger partial charge in [-0.2, -0.15) is 5.10 Å². The van der Waals surface area contributed by atoms with Crippen LogP contribution >= 0.6 is 27.7 Å². The predicted octanol–water partition coefficient (Wildman–Crippen LogP) is 5.01. The Kier molecular flexibility index (Phi) is 7.76. The third kappa shape index (κ3) is 5.92. The highest BCUT2D eigenvalue weighted by Crippen LogP contribution is 2.28. The lowest BCUT2D eigenvalue weighted by atomic mass is 10.2. The molecule has 1 aromatic heterocycles. The maximum absolute atomic E-state index is 12.4. The van der Waals surface area contributed by atoms with Crippen LogP contribution in [0, 0.1) is 0 Å². The van der Waals surface area contributed by atoms with Gasteiger partial charge in [-0.15, -0.1) is 10.2 Å². The maximum atomic E-state index is 12.4. The Morgan fingerprint density at radius 2 is 1.74 bits per heavy atom. The highest BCUT2D eigenvalue weighted by atomic mass is 79.9. The number of halogens is 1. The third-order valence-electron chi connectivity index (χ3n) is 4.89. The summed E-state index contributed by atoms with van der Waals surface area (Å²) < 4.78 is 2.94. The minimum Gasteiger partial charge on any atom is -0.378 e. The van der Waals surface area contributed by atoms with Gasteiger partial charge in [0.25, 0.3) is 5.91 Å². The fraction of sp³-hybridized carbons (Fsp3) is 0.120. The van der Waals surface area contributed by atoms with Gasteiger partial charge in [-0.25, -0.2) is 5.43 Å². The van der Waals surface area contributed by atoms with Gasteiger partial charge in [-0.1, -0.05) is 70.2 Å². The van der Waals surface area contributed by atoms with Gasteiger partial charge in [0.15, 0.2) is 11.0 Å². The van der Waals surface area contributed by atoms with E-state index in [9.17, 15) is 4.79 Å². The summed E-state index contributed by atoms with van der Waals surface area (Å²) in [5, 5.41) is 13.5. The Morgan fingerprint density at radius 1 is 1.03 bits per heavy atom. The third-order valence-corrected chi connectivity index (χ3v) is 6.35. The van der Waals surface area contributed by atoms with Gasteiger partial charge < -0.3 is 4.90 Å². The van der Waals surface area contributed by atoms with Crippen molar-refractivity contribution in [3.05, 3.63) is 88.9 Å². The molecule has 0 aliphatic heterocycles. The summed E-state index contributed by atoms with van der Waals surface area (Å²) in [4.78, 5) is 14.4. The van der Waals surface area contributed by atoms with Gasteiger partial charge in [-0.05, 0) is 42.0 Å². The van der Waals surface area contributed by atoms with Crippen molar-refractivity contribution in [2.75, 3.05) is 24.7 Å². The zero-order valence-corrected chi connectivity index (χ0v) is 21.1. The van der Waals surface area contributed by atoms with E-state index >= 15 is 0 Å². The molecule has 0 fully saturated rings. The molecule has 0 unspecified atom stereocenters. The molecular weight excluding hydrogens is 512 g/mol. The Hall–Kier alpha value is -3.43. The number of carbonyl (C=O) groups excluding carboxylic acids is 1. The summed E-state index contributed by atoms with van der Waals surface area (Å²) in [6.07, 6.45) is 1.63. The fourth-order valence-electron chi connectivity index (χ4n) is 3.16. The number of para-hydroxylation sites is 1. The Morgan fingerprint density at radius 3 is 2.41 bits per heavy atom. The number of nitrogens with one attached hydrogen (secondary N) is 1. The second-order valence-electron chi connectivity index (χ2n) is 7.55. The molecule has 7 nitrogen and oxygen atoms in total. The number of anilines is 1. The number of hydrogen-bond acceptors (Lipinski definition) is 6. The van der Waals surface area contributed by atoms with Gasteiger partial charge in [0, 0.05) is 35.5 Å². The van der Waals surface area contributed by atoms with Crippen molar-refractivity contribution in [2.24, 2.45) is 5.10 Å². The first-order chi connectivity index (χ1) is 16.5. The fourth-order valence-corrected chi connectivity index (χ4v) is 4.17. The first-order valence-electron chi connectivity index (χ1n) is 10.5. The van der Waals surface area contributed by atoms with Gasteiger partial charge >= 0.3 is 0 Å². The molecule has 1 N–H and O–H groups in total. The van der Waals surface area contributed by atoms with Crippen LogP contribution < -0.4 is 10.3 Å². The molecule has 4 aromatic rings. The molecule has 1 amide bonds. The highest BCUT2D eigenvalue weighted by molar-refractivity contribution is 9.10. The largest absolute Gasteiger partial charge is 0.378 e. The van der Waals surface area contributed by atoms with E-state index in [1.807, 2.05) is 102 Å². The summed E-state index contributed by atoms with van der Waals surface area (Å²) in [5.41, 5.74) is 6.44. The minimum atomic E-state index is -0.223. The number of amides is 1. The highest BCUT2D eigenvalue weighted by Gasteiger charge is 2.17. The van der Waals surface area contributed by atoms with E-state index in [1.54, 1.807) is 6.21 Å². The van der Waals surface area contributed by atoms with Gasteiger partial charge in [-0.3, -0.25) is 9.36 Å². The molecule has 0 atom stereocenters. The Labute approximate surface area is 211 Å². The monoisotopic (exact) mass is 534 g/mol. The van der Waals surface area contributed by atoms with Crippen LogP contribution in [0.15, 0.2) is 93.6 Å². The quantitative estimate of drug-likeness (QED) is 0.195. The van der Waals surface area contributed by atoms with E-state index < -0.39 is 0 Å². The zero-order chi connectivity index (χ0) is 23.9.